The smallest absolute Gasteiger partial charge is 0.270 e. The number of nitrogens with one attached hydrogen (secondary N) is 1. The number of hydrogen-bond acceptors (Lipinski definition) is 6. The Morgan fingerprint density at radius 2 is 1.94 bits per heavy atom. The van der Waals surface area contributed by atoms with Gasteiger partial charge in [-0.25, -0.2) is 9.97 Å². The van der Waals surface area contributed by atoms with E-state index < -0.39 is 10.8 Å². The molecule has 0 aliphatic rings. The van der Waals surface area contributed by atoms with Crippen LogP contribution in [0.15, 0.2) is 67.1 Å². The first kappa shape index (κ1) is 20.0. The third-order valence-electron chi connectivity index (χ3n) is 4.88. The second-order valence-corrected chi connectivity index (χ2v) is 7.16. The summed E-state index contributed by atoms with van der Waals surface area (Å²) in [5.41, 5.74) is 3.36. The van der Waals surface area contributed by atoms with E-state index in [2.05, 4.69) is 15.3 Å². The van der Waals surface area contributed by atoms with Crippen LogP contribution in [0.1, 0.15) is 15.9 Å². The van der Waals surface area contributed by atoms with Crippen molar-refractivity contribution in [3.8, 4) is 5.82 Å². The Bertz CT molecular complexity index is 1260. The molecule has 4 rings (SSSR count). The number of imidazole rings is 1. The zero-order chi connectivity index (χ0) is 22.0. The summed E-state index contributed by atoms with van der Waals surface area (Å²) < 4.78 is 1.89. The lowest BCUT2D eigenvalue weighted by Gasteiger charge is -2.17. The molecule has 1 N–H and O–H groups in total. The van der Waals surface area contributed by atoms with Gasteiger partial charge in [-0.05, 0) is 29.8 Å². The maximum absolute atomic E-state index is 12.7. The Morgan fingerprint density at radius 3 is 2.65 bits per heavy atom. The van der Waals surface area contributed by atoms with Gasteiger partial charge in [-0.3, -0.25) is 19.5 Å². The number of non-ortho nitro benzene ring substituents is 1. The van der Waals surface area contributed by atoms with Crippen LogP contribution in [0, 0.1) is 10.1 Å². The molecular formula is C22H20N6O3. The highest BCUT2D eigenvalue weighted by Crippen LogP contribution is 2.24. The average molecular weight is 416 g/mol. The van der Waals surface area contributed by atoms with Gasteiger partial charge in [0, 0.05) is 44.7 Å². The van der Waals surface area contributed by atoms with Gasteiger partial charge in [-0.1, -0.05) is 18.2 Å². The van der Waals surface area contributed by atoms with Crippen molar-refractivity contribution in [3.63, 3.8) is 0 Å². The SMILES string of the molecule is CN(C)c1ccc([N+](=O)[O-])cc1C(=O)NCc1ccc(-n2cnc3ccccc32)nc1. The van der Waals surface area contributed by atoms with Crippen molar-refractivity contribution in [2.45, 2.75) is 6.54 Å². The van der Waals surface area contributed by atoms with Crippen molar-refractivity contribution in [3.05, 3.63) is 88.4 Å². The lowest BCUT2D eigenvalue weighted by molar-refractivity contribution is -0.384. The summed E-state index contributed by atoms with van der Waals surface area (Å²) in [4.78, 5) is 33.9. The Balaban J connectivity index is 1.50. The van der Waals surface area contributed by atoms with Crippen LogP contribution >= 0.6 is 0 Å². The molecule has 0 atom stereocenters. The number of para-hydroxylation sites is 2. The normalized spacial score (nSPS) is 10.8. The molecule has 2 aromatic carbocycles. The number of benzene rings is 2. The summed E-state index contributed by atoms with van der Waals surface area (Å²) in [6.07, 6.45) is 3.41. The van der Waals surface area contributed by atoms with Crippen LogP contribution in [0.5, 0.6) is 0 Å². The number of amides is 1. The molecule has 4 aromatic rings. The largest absolute Gasteiger partial charge is 0.377 e. The van der Waals surface area contributed by atoms with Crippen LogP contribution in [-0.2, 0) is 6.54 Å². The van der Waals surface area contributed by atoms with Crippen LogP contribution in [0.25, 0.3) is 16.9 Å². The Morgan fingerprint density at radius 1 is 1.13 bits per heavy atom. The summed E-state index contributed by atoms with van der Waals surface area (Å²) in [5, 5.41) is 13.9. The number of rotatable bonds is 6. The molecule has 0 saturated carbocycles. The van der Waals surface area contributed by atoms with Gasteiger partial charge < -0.3 is 10.2 Å². The van der Waals surface area contributed by atoms with Gasteiger partial charge in [-0.2, -0.15) is 0 Å². The molecule has 0 unspecified atom stereocenters. The van der Waals surface area contributed by atoms with E-state index in [4.69, 9.17) is 0 Å². The van der Waals surface area contributed by atoms with E-state index in [-0.39, 0.29) is 17.8 Å². The summed E-state index contributed by atoms with van der Waals surface area (Å²) in [6, 6.07) is 15.8. The number of nitro benzene ring substituents is 1. The lowest BCUT2D eigenvalue weighted by Crippen LogP contribution is -2.25. The van der Waals surface area contributed by atoms with E-state index in [1.165, 1.54) is 12.1 Å². The van der Waals surface area contributed by atoms with Gasteiger partial charge in [0.15, 0.2) is 0 Å². The van der Waals surface area contributed by atoms with Gasteiger partial charge in [0.2, 0.25) is 0 Å². The first-order valence-electron chi connectivity index (χ1n) is 9.55. The highest BCUT2D eigenvalue weighted by atomic mass is 16.6. The van der Waals surface area contributed by atoms with Crippen LogP contribution < -0.4 is 10.2 Å². The zero-order valence-electron chi connectivity index (χ0n) is 17.0. The molecule has 2 heterocycles. The summed E-state index contributed by atoms with van der Waals surface area (Å²) in [6.45, 7) is 0.242. The van der Waals surface area contributed by atoms with E-state index in [9.17, 15) is 14.9 Å². The fraction of sp³-hybridized carbons (Fsp3) is 0.136. The third kappa shape index (κ3) is 4.06. The van der Waals surface area contributed by atoms with E-state index in [0.29, 0.717) is 5.69 Å². The fourth-order valence-electron chi connectivity index (χ4n) is 3.29. The molecular weight excluding hydrogens is 396 g/mol. The van der Waals surface area contributed by atoms with E-state index >= 15 is 0 Å². The molecule has 0 radical (unpaired) electrons. The predicted molar refractivity (Wildman–Crippen MR) is 117 cm³/mol. The van der Waals surface area contributed by atoms with E-state index in [1.54, 1.807) is 37.6 Å². The van der Waals surface area contributed by atoms with Gasteiger partial charge in [-0.15, -0.1) is 0 Å². The van der Waals surface area contributed by atoms with Crippen molar-refractivity contribution >= 4 is 28.3 Å². The first-order valence-corrected chi connectivity index (χ1v) is 9.55. The number of carbonyl (C=O) groups is 1. The number of carbonyl (C=O) groups excluding carboxylic acids is 1. The molecule has 0 aliphatic carbocycles. The maximum atomic E-state index is 12.7. The maximum Gasteiger partial charge on any atom is 0.270 e. The monoisotopic (exact) mass is 416 g/mol. The number of nitrogens with zero attached hydrogens (tertiary/aromatic N) is 5. The highest BCUT2D eigenvalue weighted by molar-refractivity contribution is 6.00. The van der Waals surface area contributed by atoms with Gasteiger partial charge in [0.05, 0.1) is 21.5 Å². The first-order chi connectivity index (χ1) is 14.9. The fourth-order valence-corrected chi connectivity index (χ4v) is 3.29. The number of hydrogen-bond donors (Lipinski definition) is 1. The molecule has 156 valence electrons. The van der Waals surface area contributed by atoms with Crippen molar-refractivity contribution in [1.82, 2.24) is 19.9 Å². The predicted octanol–water partition coefficient (Wildman–Crippen LogP) is 3.32. The highest BCUT2D eigenvalue weighted by Gasteiger charge is 2.18. The number of pyridine rings is 1. The van der Waals surface area contributed by atoms with Crippen molar-refractivity contribution in [1.29, 1.82) is 0 Å². The topological polar surface area (TPSA) is 106 Å². The second-order valence-electron chi connectivity index (χ2n) is 7.16. The minimum Gasteiger partial charge on any atom is -0.377 e. The van der Waals surface area contributed by atoms with Crippen LogP contribution in [0.2, 0.25) is 0 Å². The average Bonchev–Trinajstić information content (AvgIpc) is 3.21. The van der Waals surface area contributed by atoms with Gasteiger partial charge in [0.25, 0.3) is 11.6 Å². The lowest BCUT2D eigenvalue weighted by atomic mass is 10.1. The Hall–Kier alpha value is -4.27. The van der Waals surface area contributed by atoms with Crippen molar-refractivity contribution < 1.29 is 9.72 Å². The van der Waals surface area contributed by atoms with Gasteiger partial charge in [0.1, 0.15) is 12.1 Å². The molecule has 31 heavy (non-hydrogen) atoms. The Kier molecular flexibility index (Phi) is 5.31. The quantitative estimate of drug-likeness (QED) is 0.382. The van der Waals surface area contributed by atoms with Crippen molar-refractivity contribution in [2.24, 2.45) is 0 Å². The minimum atomic E-state index is -0.515. The molecule has 0 spiro atoms. The number of nitro groups is 1. The standard InChI is InChI=1S/C22H20N6O3/c1-26(2)19-9-8-16(28(30)31)11-17(19)22(29)24-13-15-7-10-21(23-12-15)27-14-25-18-5-3-4-6-20(18)27/h3-12,14H,13H2,1-2H3,(H,24,29). The molecule has 0 aliphatic heterocycles. The molecule has 9 nitrogen and oxygen atoms in total. The summed E-state index contributed by atoms with van der Waals surface area (Å²) in [5.74, 6) is 0.328. The number of anilines is 1. The molecule has 9 heteroatoms. The van der Waals surface area contributed by atoms with Crippen LogP contribution in [-0.4, -0.2) is 39.5 Å². The molecule has 2 aromatic heterocycles. The Labute approximate surface area is 178 Å². The van der Waals surface area contributed by atoms with Crippen LogP contribution in [0.4, 0.5) is 11.4 Å². The second kappa shape index (κ2) is 8.23. The number of aromatic nitrogens is 3. The van der Waals surface area contributed by atoms with Crippen LogP contribution in [0.3, 0.4) is 0 Å². The zero-order valence-corrected chi connectivity index (χ0v) is 17.0. The van der Waals surface area contributed by atoms with Crippen molar-refractivity contribution in [2.75, 3.05) is 19.0 Å². The number of fused-ring (bicyclic) bond motifs is 1. The molecule has 1 amide bonds. The molecule has 0 saturated heterocycles. The third-order valence-corrected chi connectivity index (χ3v) is 4.88. The van der Waals surface area contributed by atoms with E-state index in [0.717, 1.165) is 22.4 Å². The summed E-state index contributed by atoms with van der Waals surface area (Å²) in [7, 11) is 3.56. The molecule has 0 fully saturated rings. The van der Waals surface area contributed by atoms with Gasteiger partial charge >= 0.3 is 0 Å². The van der Waals surface area contributed by atoms with E-state index in [1.807, 2.05) is 41.0 Å². The molecule has 0 bridgehead atoms. The minimum absolute atomic E-state index is 0.130. The summed E-state index contributed by atoms with van der Waals surface area (Å²) >= 11 is 0.